The maximum absolute atomic E-state index is 11.5. The number of nitrogens with two attached hydrogens (primary N) is 1. The molecule has 5 heteroatoms. The summed E-state index contributed by atoms with van der Waals surface area (Å²) in [4.78, 5) is 11.5. The minimum Gasteiger partial charge on any atom is -0.465 e. The summed E-state index contributed by atoms with van der Waals surface area (Å²) in [5.74, 6) is 1.56. The highest BCUT2D eigenvalue weighted by atomic mass is 32.2. The van der Waals surface area contributed by atoms with Crippen LogP contribution < -0.4 is 5.73 Å². The third-order valence-electron chi connectivity index (χ3n) is 2.84. The van der Waals surface area contributed by atoms with Gasteiger partial charge in [0.1, 0.15) is 5.54 Å². The summed E-state index contributed by atoms with van der Waals surface area (Å²) in [7, 11) is 0. The molecule has 0 saturated carbocycles. The van der Waals surface area contributed by atoms with Gasteiger partial charge in [-0.2, -0.15) is 11.8 Å². The van der Waals surface area contributed by atoms with Gasteiger partial charge in [-0.05, 0) is 38.9 Å². The van der Waals surface area contributed by atoms with Crippen molar-refractivity contribution in [2.45, 2.75) is 44.8 Å². The fraction of sp³-hybridized carbons (Fsp3) is 0.917. The Morgan fingerprint density at radius 1 is 1.65 bits per heavy atom. The third-order valence-corrected chi connectivity index (χ3v) is 3.94. The normalized spacial score (nSPS) is 23.4. The van der Waals surface area contributed by atoms with Crippen LogP contribution in [0, 0.1) is 0 Å². The van der Waals surface area contributed by atoms with Crippen molar-refractivity contribution in [3.63, 3.8) is 0 Å². The molecule has 2 unspecified atom stereocenters. The van der Waals surface area contributed by atoms with Crippen LogP contribution >= 0.6 is 11.8 Å². The van der Waals surface area contributed by atoms with Crippen molar-refractivity contribution < 1.29 is 14.3 Å². The molecule has 0 aliphatic carbocycles. The Kier molecular flexibility index (Phi) is 6.30. The molecule has 1 fully saturated rings. The van der Waals surface area contributed by atoms with Crippen molar-refractivity contribution in [1.29, 1.82) is 0 Å². The number of hydrogen-bond acceptors (Lipinski definition) is 5. The van der Waals surface area contributed by atoms with Crippen LogP contribution in [0.25, 0.3) is 0 Å². The Morgan fingerprint density at radius 2 is 2.41 bits per heavy atom. The van der Waals surface area contributed by atoms with Gasteiger partial charge in [0.2, 0.25) is 0 Å². The Labute approximate surface area is 108 Å². The monoisotopic (exact) mass is 261 g/mol. The lowest BCUT2D eigenvalue weighted by Gasteiger charge is -2.22. The molecule has 1 heterocycles. The molecule has 100 valence electrons. The van der Waals surface area contributed by atoms with Gasteiger partial charge in [0.15, 0.2) is 0 Å². The van der Waals surface area contributed by atoms with Crippen LogP contribution in [0.2, 0.25) is 0 Å². The van der Waals surface area contributed by atoms with E-state index in [1.54, 1.807) is 25.6 Å². The first kappa shape index (κ1) is 14.8. The first-order valence-electron chi connectivity index (χ1n) is 6.21. The van der Waals surface area contributed by atoms with E-state index in [9.17, 15) is 4.79 Å². The Morgan fingerprint density at radius 3 is 3.00 bits per heavy atom. The van der Waals surface area contributed by atoms with Crippen LogP contribution in [0.4, 0.5) is 0 Å². The molecule has 17 heavy (non-hydrogen) atoms. The molecule has 1 rings (SSSR count). The number of hydrogen-bond donors (Lipinski definition) is 1. The van der Waals surface area contributed by atoms with Gasteiger partial charge in [-0.1, -0.05) is 0 Å². The average Bonchev–Trinajstić information content (AvgIpc) is 2.77. The number of carbonyl (C=O) groups excluding carboxylic acids is 1. The molecule has 2 N–H and O–H groups in total. The third kappa shape index (κ3) is 5.27. The highest BCUT2D eigenvalue weighted by molar-refractivity contribution is 7.99. The minimum absolute atomic E-state index is 0.308. The van der Waals surface area contributed by atoms with Gasteiger partial charge in [0.05, 0.1) is 12.7 Å². The molecule has 1 saturated heterocycles. The zero-order valence-corrected chi connectivity index (χ0v) is 11.6. The zero-order valence-electron chi connectivity index (χ0n) is 10.7. The number of thioether (sulfide) groups is 1. The van der Waals surface area contributed by atoms with Crippen LogP contribution in [0.5, 0.6) is 0 Å². The van der Waals surface area contributed by atoms with Crippen molar-refractivity contribution >= 4 is 17.7 Å². The van der Waals surface area contributed by atoms with E-state index in [0.29, 0.717) is 19.1 Å². The highest BCUT2D eigenvalue weighted by Crippen LogP contribution is 2.19. The van der Waals surface area contributed by atoms with Crippen LogP contribution in [0.15, 0.2) is 0 Å². The van der Waals surface area contributed by atoms with E-state index in [4.69, 9.17) is 15.2 Å². The molecular formula is C12H23NO3S. The molecule has 0 bridgehead atoms. The molecule has 4 nitrogen and oxygen atoms in total. The van der Waals surface area contributed by atoms with Gasteiger partial charge in [-0.3, -0.25) is 4.79 Å². The predicted octanol–water partition coefficient (Wildman–Crippen LogP) is 1.57. The SMILES string of the molecule is CCOC(=O)C(C)(N)CCSCC1CCCO1. The molecule has 0 aromatic carbocycles. The number of esters is 1. The first-order valence-corrected chi connectivity index (χ1v) is 7.37. The van der Waals surface area contributed by atoms with Crippen molar-refractivity contribution in [2.24, 2.45) is 5.73 Å². The second kappa shape index (κ2) is 7.24. The fourth-order valence-corrected chi connectivity index (χ4v) is 2.93. The summed E-state index contributed by atoms with van der Waals surface area (Å²) >= 11 is 1.80. The molecule has 1 aliphatic rings. The summed E-state index contributed by atoms with van der Waals surface area (Å²) in [5.41, 5.74) is 5.06. The maximum atomic E-state index is 11.5. The molecule has 0 aromatic rings. The molecular weight excluding hydrogens is 238 g/mol. The van der Waals surface area contributed by atoms with E-state index in [2.05, 4.69) is 0 Å². The first-order chi connectivity index (χ1) is 8.06. The summed E-state index contributed by atoms with van der Waals surface area (Å²) in [5, 5.41) is 0. The van der Waals surface area contributed by atoms with Crippen LogP contribution in [-0.2, 0) is 14.3 Å². The lowest BCUT2D eigenvalue weighted by atomic mass is 10.0. The smallest absolute Gasteiger partial charge is 0.325 e. The van der Waals surface area contributed by atoms with Crippen molar-refractivity contribution in [2.75, 3.05) is 24.7 Å². The summed E-state index contributed by atoms with van der Waals surface area (Å²) in [6.45, 7) is 4.80. The number of carbonyl (C=O) groups is 1. The molecule has 2 atom stereocenters. The van der Waals surface area contributed by atoms with Crippen LogP contribution in [-0.4, -0.2) is 42.3 Å². The van der Waals surface area contributed by atoms with E-state index in [-0.39, 0.29) is 5.97 Å². The lowest BCUT2D eigenvalue weighted by Crippen LogP contribution is -2.46. The molecule has 0 spiro atoms. The summed E-state index contributed by atoms with van der Waals surface area (Å²) in [6.07, 6.45) is 3.36. The van der Waals surface area contributed by atoms with E-state index < -0.39 is 5.54 Å². The Balaban J connectivity index is 2.13. The van der Waals surface area contributed by atoms with E-state index in [0.717, 1.165) is 24.5 Å². The zero-order chi connectivity index (χ0) is 12.7. The van der Waals surface area contributed by atoms with Gasteiger partial charge in [0.25, 0.3) is 0 Å². The van der Waals surface area contributed by atoms with Crippen molar-refractivity contribution in [1.82, 2.24) is 0 Å². The van der Waals surface area contributed by atoms with Crippen molar-refractivity contribution in [3.05, 3.63) is 0 Å². The van der Waals surface area contributed by atoms with Gasteiger partial charge in [0, 0.05) is 12.4 Å². The topological polar surface area (TPSA) is 61.5 Å². The van der Waals surface area contributed by atoms with Crippen LogP contribution in [0.1, 0.15) is 33.1 Å². The minimum atomic E-state index is -0.862. The highest BCUT2D eigenvalue weighted by Gasteiger charge is 2.29. The molecule has 0 radical (unpaired) electrons. The fourth-order valence-electron chi connectivity index (χ4n) is 1.67. The van der Waals surface area contributed by atoms with E-state index in [1.165, 1.54) is 6.42 Å². The van der Waals surface area contributed by atoms with Gasteiger partial charge >= 0.3 is 5.97 Å². The standard InChI is InChI=1S/C12H23NO3S/c1-3-15-11(14)12(2,13)6-8-17-9-10-5-4-7-16-10/h10H,3-9,13H2,1-2H3. The average molecular weight is 261 g/mol. The second-order valence-corrected chi connectivity index (χ2v) is 5.75. The largest absolute Gasteiger partial charge is 0.465 e. The van der Waals surface area contributed by atoms with E-state index in [1.807, 2.05) is 0 Å². The summed E-state index contributed by atoms with van der Waals surface area (Å²) in [6, 6.07) is 0. The van der Waals surface area contributed by atoms with Gasteiger partial charge < -0.3 is 15.2 Å². The number of rotatable bonds is 7. The Bertz CT molecular complexity index is 240. The van der Waals surface area contributed by atoms with Gasteiger partial charge in [-0.15, -0.1) is 0 Å². The predicted molar refractivity (Wildman–Crippen MR) is 70.1 cm³/mol. The van der Waals surface area contributed by atoms with Gasteiger partial charge in [-0.25, -0.2) is 0 Å². The quantitative estimate of drug-likeness (QED) is 0.557. The Hall–Kier alpha value is -0.260. The molecule has 1 aliphatic heterocycles. The van der Waals surface area contributed by atoms with Crippen LogP contribution in [0.3, 0.4) is 0 Å². The maximum Gasteiger partial charge on any atom is 0.325 e. The molecule has 0 amide bonds. The lowest BCUT2D eigenvalue weighted by molar-refractivity contribution is -0.149. The second-order valence-electron chi connectivity index (χ2n) is 4.60. The van der Waals surface area contributed by atoms with E-state index >= 15 is 0 Å². The number of ether oxygens (including phenoxy) is 2. The summed E-state index contributed by atoms with van der Waals surface area (Å²) < 4.78 is 10.5. The molecule has 0 aromatic heterocycles. The van der Waals surface area contributed by atoms with Crippen molar-refractivity contribution in [3.8, 4) is 0 Å².